The number of likely N-dealkylation sites (tertiary alicyclic amines) is 1. The first-order chi connectivity index (χ1) is 12.9. The number of hydrogen-bond donors (Lipinski definition) is 1. The highest BCUT2D eigenvalue weighted by Gasteiger charge is 2.30. The van der Waals surface area contributed by atoms with Crippen molar-refractivity contribution in [3.8, 4) is 0 Å². The average Bonchev–Trinajstić information content (AvgIpc) is 3.09. The lowest BCUT2D eigenvalue weighted by molar-refractivity contribution is -0.137. The highest BCUT2D eigenvalue weighted by atomic mass is 19.4. The summed E-state index contributed by atoms with van der Waals surface area (Å²) in [7, 11) is 0. The van der Waals surface area contributed by atoms with Gasteiger partial charge in [0.05, 0.1) is 24.4 Å². The Balaban J connectivity index is 1.91. The van der Waals surface area contributed by atoms with Gasteiger partial charge in [-0.05, 0) is 23.3 Å². The molecule has 3 rings (SSSR count). The molecule has 1 aliphatic heterocycles. The number of carbonyl (C=O) groups excluding carboxylic acids is 1. The van der Waals surface area contributed by atoms with Gasteiger partial charge in [-0.15, -0.1) is 0 Å². The number of nitrogens with zero attached hydrogens (tertiary/aromatic N) is 2. The van der Waals surface area contributed by atoms with Gasteiger partial charge in [0.25, 0.3) is 0 Å². The summed E-state index contributed by atoms with van der Waals surface area (Å²) in [5.74, 6) is 0. The molecule has 2 N–H and O–H groups in total. The van der Waals surface area contributed by atoms with E-state index in [-0.39, 0.29) is 6.54 Å². The second kappa shape index (κ2) is 7.65. The Bertz CT molecular complexity index is 872. The molecular weight excluding hydrogens is 355 g/mol. The molecule has 0 aromatic heterocycles. The zero-order chi connectivity index (χ0) is 19.4. The number of carbonyl (C=O) groups is 1. The third-order valence-electron chi connectivity index (χ3n) is 4.36. The topological polar surface area (TPSA) is 58.7 Å². The van der Waals surface area contributed by atoms with Gasteiger partial charge in [0, 0.05) is 17.8 Å². The molecule has 1 saturated heterocycles. The van der Waals surface area contributed by atoms with Crippen molar-refractivity contribution in [2.45, 2.75) is 12.7 Å². The number of nitrogens with two attached hydrogens (primary N) is 1. The number of hydrogen-bond acceptors (Lipinski definition) is 3. The lowest BCUT2D eigenvalue weighted by Gasteiger charge is -2.10. The zero-order valence-corrected chi connectivity index (χ0v) is 14.4. The number of aliphatic imine (C=N–C) groups is 1. The Hall–Kier alpha value is -3.09. The maximum atomic E-state index is 12.7. The van der Waals surface area contributed by atoms with Crippen molar-refractivity contribution in [2.75, 3.05) is 13.1 Å². The minimum absolute atomic E-state index is 0.282. The Morgan fingerprint density at radius 2 is 1.74 bits per heavy atom. The average molecular weight is 373 g/mol. The normalized spacial score (nSPS) is 18.0. The van der Waals surface area contributed by atoms with Gasteiger partial charge in [-0.3, -0.25) is 9.79 Å². The Kier molecular flexibility index (Phi) is 5.30. The summed E-state index contributed by atoms with van der Waals surface area (Å²) in [5, 5.41) is 0. The van der Waals surface area contributed by atoms with Gasteiger partial charge in [-0.2, -0.15) is 13.2 Å². The molecule has 2 aromatic carbocycles. The van der Waals surface area contributed by atoms with Crippen LogP contribution < -0.4 is 5.73 Å². The van der Waals surface area contributed by atoms with Crippen LogP contribution in [0, 0.1) is 0 Å². The first-order valence-electron chi connectivity index (χ1n) is 8.31. The number of amides is 1. The molecule has 140 valence electrons. The van der Waals surface area contributed by atoms with E-state index in [4.69, 9.17) is 5.73 Å². The molecule has 7 heteroatoms. The fraction of sp³-hybridized carbons (Fsp3) is 0.200. The minimum Gasteiger partial charge on any atom is -0.398 e. The SMILES string of the molecule is N/C(=C1/CN(C=O)CC1=NCc1ccccc1)c1ccc(C(F)(F)F)cc1. The molecule has 0 radical (unpaired) electrons. The van der Waals surface area contributed by atoms with Gasteiger partial charge < -0.3 is 10.6 Å². The Morgan fingerprint density at radius 1 is 1.07 bits per heavy atom. The molecule has 0 atom stereocenters. The van der Waals surface area contributed by atoms with Crippen LogP contribution >= 0.6 is 0 Å². The second-order valence-electron chi connectivity index (χ2n) is 6.23. The maximum absolute atomic E-state index is 12.7. The van der Waals surface area contributed by atoms with E-state index in [0.29, 0.717) is 42.0 Å². The first kappa shape index (κ1) is 18.7. The molecule has 1 heterocycles. The molecule has 0 bridgehead atoms. The van der Waals surface area contributed by atoms with E-state index in [2.05, 4.69) is 4.99 Å². The molecule has 27 heavy (non-hydrogen) atoms. The summed E-state index contributed by atoms with van der Waals surface area (Å²) in [4.78, 5) is 17.3. The zero-order valence-electron chi connectivity index (χ0n) is 14.4. The highest BCUT2D eigenvalue weighted by Crippen LogP contribution is 2.30. The maximum Gasteiger partial charge on any atom is 0.416 e. The molecule has 0 aliphatic carbocycles. The molecule has 1 aliphatic rings. The van der Waals surface area contributed by atoms with Gasteiger partial charge in [0.1, 0.15) is 0 Å². The molecule has 0 unspecified atom stereocenters. The van der Waals surface area contributed by atoms with Crippen molar-refractivity contribution in [3.05, 3.63) is 76.9 Å². The van der Waals surface area contributed by atoms with Crippen molar-refractivity contribution in [1.29, 1.82) is 0 Å². The lowest BCUT2D eigenvalue weighted by atomic mass is 10.0. The summed E-state index contributed by atoms with van der Waals surface area (Å²) in [6.45, 7) is 1.05. The van der Waals surface area contributed by atoms with Crippen LogP contribution in [-0.2, 0) is 17.5 Å². The number of benzene rings is 2. The van der Waals surface area contributed by atoms with E-state index >= 15 is 0 Å². The fourth-order valence-corrected chi connectivity index (χ4v) is 2.88. The number of rotatable bonds is 4. The van der Waals surface area contributed by atoms with E-state index in [1.165, 1.54) is 17.0 Å². The summed E-state index contributed by atoms with van der Waals surface area (Å²) in [5.41, 5.74) is 8.63. The van der Waals surface area contributed by atoms with Gasteiger partial charge in [-0.25, -0.2) is 0 Å². The van der Waals surface area contributed by atoms with Crippen LogP contribution in [0.5, 0.6) is 0 Å². The van der Waals surface area contributed by atoms with Crippen LogP contribution in [0.3, 0.4) is 0 Å². The molecule has 1 fully saturated rings. The van der Waals surface area contributed by atoms with Gasteiger partial charge in [-0.1, -0.05) is 42.5 Å². The second-order valence-corrected chi connectivity index (χ2v) is 6.23. The van der Waals surface area contributed by atoms with Crippen molar-refractivity contribution >= 4 is 17.8 Å². The van der Waals surface area contributed by atoms with Crippen molar-refractivity contribution < 1.29 is 18.0 Å². The van der Waals surface area contributed by atoms with Crippen LogP contribution in [0.1, 0.15) is 16.7 Å². The predicted octanol–water partition coefficient (Wildman–Crippen LogP) is 3.49. The van der Waals surface area contributed by atoms with Crippen LogP contribution in [0.2, 0.25) is 0 Å². The summed E-state index contributed by atoms with van der Waals surface area (Å²) < 4.78 is 38.2. The van der Waals surface area contributed by atoms with Crippen LogP contribution in [0.25, 0.3) is 5.70 Å². The van der Waals surface area contributed by atoms with Gasteiger partial charge in [0.2, 0.25) is 6.41 Å². The van der Waals surface area contributed by atoms with E-state index < -0.39 is 11.7 Å². The van der Waals surface area contributed by atoms with Crippen LogP contribution in [-0.4, -0.2) is 30.1 Å². The fourth-order valence-electron chi connectivity index (χ4n) is 2.88. The van der Waals surface area contributed by atoms with E-state index in [1.807, 2.05) is 30.3 Å². The standard InChI is InChI=1S/C20H18F3N3O/c21-20(22,23)16-8-6-15(7-9-16)19(24)17-11-26(13-27)12-18(17)25-10-14-4-2-1-3-5-14/h1-9,13H,10-12,24H2/b19-17-,25-18?. The monoisotopic (exact) mass is 373 g/mol. The van der Waals surface area contributed by atoms with Crippen molar-refractivity contribution in [3.63, 3.8) is 0 Å². The third-order valence-corrected chi connectivity index (χ3v) is 4.36. The van der Waals surface area contributed by atoms with E-state index in [9.17, 15) is 18.0 Å². The first-order valence-corrected chi connectivity index (χ1v) is 8.31. The quantitative estimate of drug-likeness (QED) is 0.834. The molecule has 1 amide bonds. The summed E-state index contributed by atoms with van der Waals surface area (Å²) in [6, 6.07) is 14.3. The molecule has 4 nitrogen and oxygen atoms in total. The molecule has 2 aromatic rings. The summed E-state index contributed by atoms with van der Waals surface area (Å²) in [6.07, 6.45) is -3.69. The third kappa shape index (κ3) is 4.36. The number of alkyl halides is 3. The molecule has 0 saturated carbocycles. The van der Waals surface area contributed by atoms with Crippen LogP contribution in [0.15, 0.2) is 65.2 Å². The molecular formula is C20H18F3N3O. The van der Waals surface area contributed by atoms with Crippen molar-refractivity contribution in [2.24, 2.45) is 10.7 Å². The Morgan fingerprint density at radius 3 is 2.33 bits per heavy atom. The van der Waals surface area contributed by atoms with E-state index in [0.717, 1.165) is 17.7 Å². The lowest BCUT2D eigenvalue weighted by Crippen LogP contribution is -2.18. The largest absolute Gasteiger partial charge is 0.416 e. The minimum atomic E-state index is -4.40. The predicted molar refractivity (Wildman–Crippen MR) is 97.8 cm³/mol. The highest BCUT2D eigenvalue weighted by molar-refractivity contribution is 6.10. The number of halogens is 3. The van der Waals surface area contributed by atoms with Crippen molar-refractivity contribution in [1.82, 2.24) is 4.90 Å². The van der Waals surface area contributed by atoms with Crippen LogP contribution in [0.4, 0.5) is 13.2 Å². The van der Waals surface area contributed by atoms with Gasteiger partial charge in [0.15, 0.2) is 0 Å². The molecule has 0 spiro atoms. The summed E-state index contributed by atoms with van der Waals surface area (Å²) >= 11 is 0. The van der Waals surface area contributed by atoms with Gasteiger partial charge >= 0.3 is 6.18 Å². The smallest absolute Gasteiger partial charge is 0.398 e. The van der Waals surface area contributed by atoms with E-state index in [1.54, 1.807) is 0 Å². The Labute approximate surface area is 154 Å².